The molecule has 0 aromatic carbocycles. The van der Waals surface area contributed by atoms with E-state index >= 15 is 0 Å². The van der Waals surface area contributed by atoms with Crippen molar-refractivity contribution in [2.45, 2.75) is 17.8 Å². The second-order valence-corrected chi connectivity index (χ2v) is 2.33. The molecule has 0 aliphatic heterocycles. The van der Waals surface area contributed by atoms with E-state index in [1.165, 1.54) is 0 Å². The Balaban J connectivity index is -0.000000980. The Kier molecular flexibility index (Phi) is 8.83. The minimum atomic E-state index is -6.53. The third-order valence-corrected chi connectivity index (χ3v) is 1.33. The molecule has 4 nitrogen and oxygen atoms in total. The Morgan fingerprint density at radius 2 is 0.882 bits per heavy atom. The number of hydrogen-bond donors (Lipinski definition) is 2. The van der Waals surface area contributed by atoms with Gasteiger partial charge in [0.2, 0.25) is 0 Å². The fraction of sp³-hybridized carbons (Fsp3) is 0.600. The van der Waals surface area contributed by atoms with Gasteiger partial charge in [-0.25, -0.2) is 9.59 Å². The summed E-state index contributed by atoms with van der Waals surface area (Å²) in [4.78, 5) is 19.2. The van der Waals surface area contributed by atoms with Crippen molar-refractivity contribution in [3.05, 3.63) is 0 Å². The molecule has 0 atom stereocenters. The molecule has 0 radical (unpaired) electrons. The number of rotatable bonds is 4. The van der Waals surface area contributed by atoms with Gasteiger partial charge in [0.1, 0.15) is 0 Å². The summed E-state index contributed by atoms with van der Waals surface area (Å²) in [5.74, 6) is -26.0. The van der Waals surface area contributed by atoms with Crippen molar-refractivity contribution in [2.24, 2.45) is 0 Å². The van der Waals surface area contributed by atoms with Crippen molar-refractivity contribution in [1.29, 1.82) is 0 Å². The summed E-state index contributed by atoms with van der Waals surface area (Å²) >= 11 is 0. The van der Waals surface area contributed by atoms with Crippen LogP contribution in [0.4, 0.5) is 26.3 Å². The molecule has 0 aromatic heterocycles. The Bertz CT molecular complexity index is 279. The van der Waals surface area contributed by atoms with Crippen LogP contribution in [0.2, 0.25) is 0 Å². The molecular weight excluding hydrogens is 284 g/mol. The molecular formula is C5H4F6Na2O4. The van der Waals surface area contributed by atoms with Crippen molar-refractivity contribution in [3.8, 4) is 0 Å². The van der Waals surface area contributed by atoms with Crippen LogP contribution in [0.15, 0.2) is 0 Å². The minimum absolute atomic E-state index is 0. The van der Waals surface area contributed by atoms with E-state index in [1.54, 1.807) is 0 Å². The van der Waals surface area contributed by atoms with Crippen molar-refractivity contribution in [1.82, 2.24) is 0 Å². The Morgan fingerprint density at radius 3 is 1.00 bits per heavy atom. The van der Waals surface area contributed by atoms with Gasteiger partial charge in [-0.05, 0) is 0 Å². The van der Waals surface area contributed by atoms with Gasteiger partial charge in [-0.2, -0.15) is 26.3 Å². The van der Waals surface area contributed by atoms with Crippen LogP contribution in [0, 0.1) is 0 Å². The maximum atomic E-state index is 12.2. The molecule has 0 bridgehead atoms. The number of alkyl halides is 6. The predicted octanol–water partition coefficient (Wildman–Crippen LogP) is -0.235. The number of halogens is 6. The molecule has 0 aliphatic carbocycles. The molecule has 0 unspecified atom stereocenters. The SMILES string of the molecule is O=C(O)C(F)(F)C(F)(F)C(F)(F)C(=O)O.[NaH].[NaH]. The van der Waals surface area contributed by atoms with Crippen molar-refractivity contribution < 1.29 is 46.1 Å². The Hall–Kier alpha value is 0.520. The molecule has 0 saturated heterocycles. The van der Waals surface area contributed by atoms with Gasteiger partial charge >= 0.3 is 88.8 Å². The second-order valence-electron chi connectivity index (χ2n) is 2.33. The van der Waals surface area contributed by atoms with Crippen LogP contribution < -0.4 is 0 Å². The molecule has 17 heavy (non-hydrogen) atoms. The second kappa shape index (κ2) is 6.62. The Morgan fingerprint density at radius 1 is 0.706 bits per heavy atom. The molecule has 0 amide bonds. The van der Waals surface area contributed by atoms with Crippen LogP contribution in [-0.4, -0.2) is 99.0 Å². The topological polar surface area (TPSA) is 74.6 Å². The van der Waals surface area contributed by atoms with Crippen LogP contribution >= 0.6 is 0 Å². The average Bonchev–Trinajstić information content (AvgIpc) is 2.02. The first-order valence-electron chi connectivity index (χ1n) is 2.99. The predicted molar refractivity (Wildman–Crippen MR) is 44.4 cm³/mol. The van der Waals surface area contributed by atoms with E-state index in [0.717, 1.165) is 0 Å². The standard InChI is InChI=1S/C5H2F6O4.2Na.2H/c6-3(7,1(12)13)5(10,11)4(8,9)2(14)15;;;;/h(H,12,13)(H,14,15);;;;. The summed E-state index contributed by atoms with van der Waals surface area (Å²) in [5, 5.41) is 15.1. The molecule has 0 spiro atoms. The quantitative estimate of drug-likeness (QED) is 0.553. The maximum absolute atomic E-state index is 12.2. The molecule has 0 aromatic rings. The van der Waals surface area contributed by atoms with Crippen LogP contribution in [0.1, 0.15) is 0 Å². The molecule has 0 rings (SSSR count). The van der Waals surface area contributed by atoms with E-state index in [1.807, 2.05) is 0 Å². The molecule has 12 heteroatoms. The fourth-order valence-corrected chi connectivity index (χ4v) is 0.466. The van der Waals surface area contributed by atoms with Gasteiger partial charge in [0.25, 0.3) is 0 Å². The number of carboxylic acids is 2. The van der Waals surface area contributed by atoms with Crippen LogP contribution in [0.3, 0.4) is 0 Å². The molecule has 0 fully saturated rings. The van der Waals surface area contributed by atoms with Gasteiger partial charge in [0.05, 0.1) is 0 Å². The summed E-state index contributed by atoms with van der Waals surface area (Å²) in [7, 11) is 0. The van der Waals surface area contributed by atoms with Gasteiger partial charge in [-0.1, -0.05) is 0 Å². The molecule has 0 heterocycles. The number of carbonyl (C=O) groups is 2. The van der Waals surface area contributed by atoms with E-state index in [2.05, 4.69) is 0 Å². The zero-order valence-electron chi connectivity index (χ0n) is 6.48. The fourth-order valence-electron chi connectivity index (χ4n) is 0.466. The van der Waals surface area contributed by atoms with Gasteiger partial charge < -0.3 is 10.2 Å². The van der Waals surface area contributed by atoms with E-state index in [-0.39, 0.29) is 59.1 Å². The van der Waals surface area contributed by atoms with Crippen LogP contribution in [0.5, 0.6) is 0 Å². The normalized spacial score (nSPS) is 12.1. The van der Waals surface area contributed by atoms with Crippen molar-refractivity contribution in [2.75, 3.05) is 0 Å². The summed E-state index contributed by atoms with van der Waals surface area (Å²) in [5.41, 5.74) is 0. The zero-order chi connectivity index (χ0) is 12.7. The number of aliphatic carboxylic acids is 2. The Labute approximate surface area is 134 Å². The molecule has 92 valence electrons. The molecule has 0 aliphatic rings. The van der Waals surface area contributed by atoms with E-state index in [0.29, 0.717) is 0 Å². The summed E-state index contributed by atoms with van der Waals surface area (Å²) in [6.07, 6.45) is 0. The summed E-state index contributed by atoms with van der Waals surface area (Å²) < 4.78 is 72.8. The molecule has 2 N–H and O–H groups in total. The third kappa shape index (κ3) is 3.74. The monoisotopic (exact) mass is 288 g/mol. The summed E-state index contributed by atoms with van der Waals surface area (Å²) in [6, 6.07) is 0. The van der Waals surface area contributed by atoms with Gasteiger partial charge in [-0.3, -0.25) is 0 Å². The van der Waals surface area contributed by atoms with Gasteiger partial charge in [-0.15, -0.1) is 0 Å². The first-order valence-corrected chi connectivity index (χ1v) is 2.99. The van der Waals surface area contributed by atoms with Crippen molar-refractivity contribution in [3.63, 3.8) is 0 Å². The van der Waals surface area contributed by atoms with Gasteiger partial charge in [0.15, 0.2) is 0 Å². The number of carboxylic acid groups (broad SMARTS) is 2. The third-order valence-electron chi connectivity index (χ3n) is 1.33. The van der Waals surface area contributed by atoms with E-state index < -0.39 is 29.7 Å². The molecule has 0 saturated carbocycles. The van der Waals surface area contributed by atoms with E-state index in [9.17, 15) is 35.9 Å². The first-order chi connectivity index (χ1) is 6.39. The first kappa shape index (κ1) is 22.7. The number of hydrogen-bond acceptors (Lipinski definition) is 2. The van der Waals surface area contributed by atoms with Gasteiger partial charge in [0, 0.05) is 0 Å². The van der Waals surface area contributed by atoms with Crippen molar-refractivity contribution >= 4 is 71.1 Å². The van der Waals surface area contributed by atoms with Crippen LogP contribution in [-0.2, 0) is 9.59 Å². The summed E-state index contributed by atoms with van der Waals surface area (Å²) in [6.45, 7) is 0. The van der Waals surface area contributed by atoms with E-state index in [4.69, 9.17) is 10.2 Å². The average molecular weight is 288 g/mol. The van der Waals surface area contributed by atoms with Crippen LogP contribution in [0.25, 0.3) is 0 Å². The zero-order valence-corrected chi connectivity index (χ0v) is 6.48.